The quantitative estimate of drug-likeness (QED) is 0.633. The first kappa shape index (κ1) is 15.1. The molecular formula is C18H22N2O2. The summed E-state index contributed by atoms with van der Waals surface area (Å²) in [6, 6.07) is 10.6. The van der Waals surface area contributed by atoms with Crippen LogP contribution in [-0.4, -0.2) is 36.6 Å². The monoisotopic (exact) mass is 298 g/mol. The number of carbonyl (C=O) groups is 1. The average Bonchev–Trinajstić information content (AvgIpc) is 3.30. The molecule has 1 aromatic rings. The summed E-state index contributed by atoms with van der Waals surface area (Å²) in [5, 5.41) is 8.69. The molecule has 116 valence electrons. The number of piperidine rings is 1. The Kier molecular flexibility index (Phi) is 4.44. The first-order valence-corrected chi connectivity index (χ1v) is 8.03. The highest BCUT2D eigenvalue weighted by Gasteiger charge is 2.45. The number of aryl methyl sites for hydroxylation is 1. The van der Waals surface area contributed by atoms with E-state index < -0.39 is 0 Å². The summed E-state index contributed by atoms with van der Waals surface area (Å²) < 4.78 is 5.68. The number of benzene rings is 1. The van der Waals surface area contributed by atoms with Crippen LogP contribution in [0.3, 0.4) is 0 Å². The molecule has 1 aliphatic heterocycles. The Labute approximate surface area is 131 Å². The van der Waals surface area contributed by atoms with E-state index in [2.05, 4.69) is 42.2 Å². The smallest absolute Gasteiger partial charge is 0.309 e. The molecule has 0 radical (unpaired) electrons. The van der Waals surface area contributed by atoms with Crippen molar-refractivity contribution >= 4 is 5.97 Å². The molecule has 1 saturated carbocycles. The molecular weight excluding hydrogens is 276 g/mol. The van der Waals surface area contributed by atoms with Gasteiger partial charge in [0.1, 0.15) is 6.10 Å². The Balaban J connectivity index is 1.47. The fourth-order valence-electron chi connectivity index (χ4n) is 3.26. The van der Waals surface area contributed by atoms with E-state index in [1.807, 2.05) is 0 Å². The van der Waals surface area contributed by atoms with E-state index >= 15 is 0 Å². The van der Waals surface area contributed by atoms with E-state index in [1.54, 1.807) is 0 Å². The van der Waals surface area contributed by atoms with Gasteiger partial charge in [-0.1, -0.05) is 29.8 Å². The third kappa shape index (κ3) is 3.48. The van der Waals surface area contributed by atoms with Crippen molar-refractivity contribution in [3.8, 4) is 6.07 Å². The topological polar surface area (TPSA) is 53.3 Å². The molecule has 0 N–H and O–H groups in total. The first-order chi connectivity index (χ1) is 10.7. The van der Waals surface area contributed by atoms with Crippen LogP contribution in [0.1, 0.15) is 36.3 Å². The predicted octanol–water partition coefficient (Wildman–Crippen LogP) is 2.63. The number of esters is 1. The zero-order valence-electron chi connectivity index (χ0n) is 13.0. The van der Waals surface area contributed by atoms with E-state index in [-0.39, 0.29) is 18.0 Å². The number of ether oxygens (including phenoxy) is 1. The highest BCUT2D eigenvalue weighted by atomic mass is 16.5. The molecule has 1 heterocycles. The van der Waals surface area contributed by atoms with Crippen molar-refractivity contribution < 1.29 is 9.53 Å². The second-order valence-electron chi connectivity index (χ2n) is 6.43. The minimum Gasteiger partial charge on any atom is -0.462 e. The van der Waals surface area contributed by atoms with Crippen molar-refractivity contribution in [3.63, 3.8) is 0 Å². The van der Waals surface area contributed by atoms with Crippen LogP contribution in [0.5, 0.6) is 0 Å². The van der Waals surface area contributed by atoms with Gasteiger partial charge >= 0.3 is 5.97 Å². The number of nitriles is 1. The van der Waals surface area contributed by atoms with Crippen LogP contribution in [0.4, 0.5) is 0 Å². The number of hydrogen-bond donors (Lipinski definition) is 0. The molecule has 3 rings (SSSR count). The Morgan fingerprint density at radius 3 is 2.86 bits per heavy atom. The van der Waals surface area contributed by atoms with Crippen LogP contribution < -0.4 is 0 Å². The molecule has 1 saturated heterocycles. The van der Waals surface area contributed by atoms with Crippen molar-refractivity contribution in [2.75, 3.05) is 19.6 Å². The van der Waals surface area contributed by atoms with E-state index in [1.165, 1.54) is 11.1 Å². The Hall–Kier alpha value is -1.86. The second-order valence-corrected chi connectivity index (χ2v) is 6.43. The molecule has 2 atom stereocenters. The SMILES string of the molecule is Cc1cccc([C@@H]2C[C@@H]2C(=O)OC2CCN(CC#N)CC2)c1. The number of rotatable bonds is 4. The molecule has 0 spiro atoms. The van der Waals surface area contributed by atoms with E-state index in [0.717, 1.165) is 32.4 Å². The van der Waals surface area contributed by atoms with Crippen LogP contribution in [0, 0.1) is 24.2 Å². The minimum absolute atomic E-state index is 0.0289. The van der Waals surface area contributed by atoms with Gasteiger partial charge < -0.3 is 4.74 Å². The highest BCUT2D eigenvalue weighted by Crippen LogP contribution is 2.48. The molecule has 1 aliphatic carbocycles. The number of carbonyl (C=O) groups excluding carboxylic acids is 1. The van der Waals surface area contributed by atoms with Crippen LogP contribution in [0.25, 0.3) is 0 Å². The van der Waals surface area contributed by atoms with Crippen molar-refractivity contribution in [1.29, 1.82) is 5.26 Å². The van der Waals surface area contributed by atoms with E-state index in [4.69, 9.17) is 10.00 Å². The Bertz CT molecular complexity index is 585. The lowest BCUT2D eigenvalue weighted by Gasteiger charge is -2.29. The summed E-state index contributed by atoms with van der Waals surface area (Å²) in [6.07, 6.45) is 2.63. The van der Waals surface area contributed by atoms with Crippen LogP contribution >= 0.6 is 0 Å². The van der Waals surface area contributed by atoms with Crippen molar-refractivity contribution in [2.24, 2.45) is 5.92 Å². The van der Waals surface area contributed by atoms with Gasteiger partial charge in [0.25, 0.3) is 0 Å². The third-order valence-electron chi connectivity index (χ3n) is 4.68. The first-order valence-electron chi connectivity index (χ1n) is 8.03. The Morgan fingerprint density at radius 1 is 1.41 bits per heavy atom. The average molecular weight is 298 g/mol. The summed E-state index contributed by atoms with van der Waals surface area (Å²) in [7, 11) is 0. The summed E-state index contributed by atoms with van der Waals surface area (Å²) in [6.45, 7) is 4.24. The third-order valence-corrected chi connectivity index (χ3v) is 4.68. The van der Waals surface area contributed by atoms with Crippen LogP contribution in [0.15, 0.2) is 24.3 Å². The number of hydrogen-bond acceptors (Lipinski definition) is 4. The van der Waals surface area contributed by atoms with Gasteiger partial charge in [0, 0.05) is 13.1 Å². The largest absolute Gasteiger partial charge is 0.462 e. The predicted molar refractivity (Wildman–Crippen MR) is 83.2 cm³/mol. The van der Waals surface area contributed by atoms with E-state index in [0.29, 0.717) is 12.5 Å². The van der Waals surface area contributed by atoms with Crippen molar-refractivity contribution in [2.45, 2.75) is 38.2 Å². The highest BCUT2D eigenvalue weighted by molar-refractivity contribution is 5.77. The van der Waals surface area contributed by atoms with Gasteiger partial charge in [-0.2, -0.15) is 5.26 Å². The molecule has 22 heavy (non-hydrogen) atoms. The van der Waals surface area contributed by atoms with Gasteiger partial charge in [-0.15, -0.1) is 0 Å². The molecule has 0 bridgehead atoms. The molecule has 1 aromatic carbocycles. The summed E-state index contributed by atoms with van der Waals surface area (Å²) in [5.41, 5.74) is 2.49. The van der Waals surface area contributed by atoms with E-state index in [9.17, 15) is 4.79 Å². The maximum Gasteiger partial charge on any atom is 0.309 e. The van der Waals surface area contributed by atoms with Crippen molar-refractivity contribution in [3.05, 3.63) is 35.4 Å². The molecule has 4 heteroatoms. The van der Waals surface area contributed by atoms with Gasteiger partial charge in [-0.05, 0) is 37.7 Å². The fourth-order valence-corrected chi connectivity index (χ4v) is 3.26. The zero-order chi connectivity index (χ0) is 15.5. The van der Waals surface area contributed by atoms with Gasteiger partial charge in [0.05, 0.1) is 18.5 Å². The molecule has 0 unspecified atom stereocenters. The second kappa shape index (κ2) is 6.50. The van der Waals surface area contributed by atoms with Gasteiger partial charge in [-0.25, -0.2) is 0 Å². The maximum atomic E-state index is 12.3. The van der Waals surface area contributed by atoms with Crippen LogP contribution in [0.2, 0.25) is 0 Å². The number of nitrogens with zero attached hydrogens (tertiary/aromatic N) is 2. The summed E-state index contributed by atoms with van der Waals surface area (Å²) in [5.74, 6) is 0.343. The standard InChI is InChI=1S/C18H22N2O2/c1-13-3-2-4-14(11-13)16-12-17(16)18(21)22-15-5-8-20(9-6-15)10-7-19/h2-4,11,15-17H,5-6,8-10,12H2,1H3/t16-,17-/m0/s1. The van der Waals surface area contributed by atoms with Gasteiger partial charge in [0.15, 0.2) is 0 Å². The molecule has 4 nitrogen and oxygen atoms in total. The molecule has 2 aliphatic rings. The lowest BCUT2D eigenvalue weighted by atomic mass is 10.1. The molecule has 0 aromatic heterocycles. The van der Waals surface area contributed by atoms with Crippen molar-refractivity contribution in [1.82, 2.24) is 4.90 Å². The lowest BCUT2D eigenvalue weighted by molar-refractivity contribution is -0.152. The summed E-state index contributed by atoms with van der Waals surface area (Å²) in [4.78, 5) is 14.4. The van der Waals surface area contributed by atoms with Crippen LogP contribution in [-0.2, 0) is 9.53 Å². The Morgan fingerprint density at radius 2 is 2.18 bits per heavy atom. The molecule has 0 amide bonds. The molecule has 2 fully saturated rings. The number of likely N-dealkylation sites (tertiary alicyclic amines) is 1. The fraction of sp³-hybridized carbons (Fsp3) is 0.556. The summed E-state index contributed by atoms with van der Waals surface area (Å²) >= 11 is 0. The lowest BCUT2D eigenvalue weighted by Crippen LogP contribution is -2.38. The van der Waals surface area contributed by atoms with Gasteiger partial charge in [0.2, 0.25) is 0 Å². The van der Waals surface area contributed by atoms with Gasteiger partial charge in [-0.3, -0.25) is 9.69 Å². The zero-order valence-corrected chi connectivity index (χ0v) is 13.0. The minimum atomic E-state index is -0.0368. The maximum absolute atomic E-state index is 12.3. The normalized spacial score (nSPS) is 25.5.